The summed E-state index contributed by atoms with van der Waals surface area (Å²) in [6, 6.07) is 11.5. The van der Waals surface area contributed by atoms with E-state index in [0.717, 1.165) is 67.3 Å². The van der Waals surface area contributed by atoms with Crippen molar-refractivity contribution in [1.82, 2.24) is 9.97 Å². The van der Waals surface area contributed by atoms with Crippen LogP contribution in [-0.4, -0.2) is 47.9 Å². The number of ether oxygens (including phenoxy) is 1. The Morgan fingerprint density at radius 2 is 1.85 bits per heavy atom. The maximum atomic E-state index is 12.6. The second-order valence-electron chi connectivity index (χ2n) is 9.19. The van der Waals surface area contributed by atoms with Crippen LogP contribution in [-0.2, 0) is 25.8 Å². The van der Waals surface area contributed by atoms with Gasteiger partial charge in [0, 0.05) is 35.9 Å². The number of sulfone groups is 1. The number of thiazole rings is 1. The van der Waals surface area contributed by atoms with Crippen LogP contribution < -0.4 is 0 Å². The third-order valence-corrected chi connectivity index (χ3v) is 9.99. The number of hydrogen-bond acceptors (Lipinski definition) is 6. The summed E-state index contributed by atoms with van der Waals surface area (Å²) in [5.74, 6) is -0.249. The summed E-state index contributed by atoms with van der Waals surface area (Å²) in [5, 5.41) is 9.58. The zero-order valence-electron chi connectivity index (χ0n) is 18.8. The van der Waals surface area contributed by atoms with Gasteiger partial charge in [-0.05, 0) is 67.9 Å². The van der Waals surface area contributed by atoms with E-state index in [0.29, 0.717) is 15.7 Å². The molecular weight excluding hydrogens is 472 g/mol. The van der Waals surface area contributed by atoms with E-state index in [1.807, 2.05) is 18.2 Å². The van der Waals surface area contributed by atoms with Crippen LogP contribution in [0.2, 0.25) is 0 Å². The molecule has 0 bridgehead atoms. The average molecular weight is 501 g/mol. The highest BCUT2D eigenvalue weighted by Gasteiger charge is 2.37. The first-order chi connectivity index (χ1) is 16.4. The molecule has 2 aliphatic rings. The smallest absolute Gasteiger partial charge is 0.308 e. The summed E-state index contributed by atoms with van der Waals surface area (Å²) in [6.07, 6.45) is 6.08. The summed E-state index contributed by atoms with van der Waals surface area (Å²) >= 11 is 1.38. The molecule has 5 rings (SSSR count). The predicted octanol–water partition coefficient (Wildman–Crippen LogP) is 4.65. The van der Waals surface area contributed by atoms with Crippen molar-refractivity contribution in [3.05, 3.63) is 58.7 Å². The largest absolute Gasteiger partial charge is 0.481 e. The van der Waals surface area contributed by atoms with Gasteiger partial charge < -0.3 is 14.8 Å². The van der Waals surface area contributed by atoms with E-state index in [1.54, 1.807) is 18.3 Å². The highest BCUT2D eigenvalue weighted by molar-refractivity contribution is 7.92. The van der Waals surface area contributed by atoms with Gasteiger partial charge in [-0.25, -0.2) is 13.4 Å². The number of aromatic amines is 1. The van der Waals surface area contributed by atoms with Crippen LogP contribution >= 0.6 is 11.3 Å². The number of benzene rings is 1. The number of carbonyl (C=O) groups is 1. The Labute approximate surface area is 203 Å². The molecule has 1 aliphatic heterocycles. The summed E-state index contributed by atoms with van der Waals surface area (Å²) < 4.78 is 30.8. The number of carboxylic acid groups (broad SMARTS) is 1. The standard InChI is InChI=1S/C25H28N2O5S2/c28-24(29)14-18-15-26-25(33-18)23-8-7-22(27-23)21(13-16-9-11-32-12-10-16)17-1-3-19(4-2-17)34(30,31)20-5-6-20/h1-4,7-8,15-16,20-21,27H,5-6,9-14H2,(H,28,29). The molecule has 2 fully saturated rings. The molecule has 9 heteroatoms. The minimum absolute atomic E-state index is 0.0340. The zero-order valence-corrected chi connectivity index (χ0v) is 20.4. The van der Waals surface area contributed by atoms with Crippen LogP contribution in [0.1, 0.15) is 54.2 Å². The summed E-state index contributed by atoms with van der Waals surface area (Å²) in [4.78, 5) is 20.0. The second-order valence-corrected chi connectivity index (χ2v) is 12.5. The topological polar surface area (TPSA) is 109 Å². The Kier molecular flexibility index (Phi) is 6.59. The van der Waals surface area contributed by atoms with E-state index >= 15 is 0 Å². The van der Waals surface area contributed by atoms with Crippen molar-refractivity contribution in [2.45, 2.75) is 54.6 Å². The van der Waals surface area contributed by atoms with Crippen molar-refractivity contribution >= 4 is 27.1 Å². The number of rotatable bonds is 9. The van der Waals surface area contributed by atoms with Crippen LogP contribution in [0.5, 0.6) is 0 Å². The summed E-state index contributed by atoms with van der Waals surface area (Å²) in [6.45, 7) is 1.55. The Balaban J connectivity index is 1.42. The van der Waals surface area contributed by atoms with E-state index in [9.17, 15) is 13.2 Å². The minimum Gasteiger partial charge on any atom is -0.481 e. The highest BCUT2D eigenvalue weighted by atomic mass is 32.2. The molecule has 0 radical (unpaired) electrons. The lowest BCUT2D eigenvalue weighted by Crippen LogP contribution is -2.19. The van der Waals surface area contributed by atoms with Crippen LogP contribution in [0.3, 0.4) is 0 Å². The van der Waals surface area contributed by atoms with Crippen molar-refractivity contribution in [1.29, 1.82) is 0 Å². The Morgan fingerprint density at radius 1 is 1.12 bits per heavy atom. The quantitative estimate of drug-likeness (QED) is 0.443. The van der Waals surface area contributed by atoms with Crippen LogP contribution in [0.4, 0.5) is 0 Å². The van der Waals surface area contributed by atoms with Gasteiger partial charge in [-0.3, -0.25) is 4.79 Å². The van der Waals surface area contributed by atoms with Crippen molar-refractivity contribution < 1.29 is 23.1 Å². The molecule has 0 spiro atoms. The molecule has 2 N–H and O–H groups in total. The molecule has 7 nitrogen and oxygen atoms in total. The first kappa shape index (κ1) is 23.3. The first-order valence-electron chi connectivity index (χ1n) is 11.7. The van der Waals surface area contributed by atoms with Gasteiger partial charge in [-0.1, -0.05) is 12.1 Å². The van der Waals surface area contributed by atoms with E-state index < -0.39 is 15.8 Å². The number of hydrogen-bond donors (Lipinski definition) is 2. The molecule has 2 aromatic heterocycles. The minimum atomic E-state index is -3.21. The van der Waals surface area contributed by atoms with Gasteiger partial charge in [0.15, 0.2) is 9.84 Å². The lowest BCUT2D eigenvalue weighted by atomic mass is 9.83. The monoisotopic (exact) mass is 500 g/mol. The maximum Gasteiger partial charge on any atom is 0.308 e. The third kappa shape index (κ3) is 5.11. The number of aromatic nitrogens is 2. The Hall–Kier alpha value is -2.49. The molecule has 34 heavy (non-hydrogen) atoms. The lowest BCUT2D eigenvalue weighted by Gasteiger charge is -2.27. The number of H-pyrrole nitrogens is 1. The van der Waals surface area contributed by atoms with Gasteiger partial charge in [-0.2, -0.15) is 0 Å². The van der Waals surface area contributed by atoms with Gasteiger partial charge in [0.25, 0.3) is 0 Å². The molecule has 0 amide bonds. The van der Waals surface area contributed by atoms with Gasteiger partial charge in [0.05, 0.1) is 22.3 Å². The lowest BCUT2D eigenvalue weighted by molar-refractivity contribution is -0.136. The number of nitrogens with zero attached hydrogens (tertiary/aromatic N) is 1. The molecule has 1 saturated carbocycles. The molecule has 1 aromatic carbocycles. The molecule has 3 heterocycles. The molecule has 1 atom stereocenters. The molecule has 180 valence electrons. The Bertz CT molecular complexity index is 1250. The fourth-order valence-electron chi connectivity index (χ4n) is 4.62. The van der Waals surface area contributed by atoms with Gasteiger partial charge in [0.1, 0.15) is 5.01 Å². The van der Waals surface area contributed by atoms with Crippen LogP contribution in [0, 0.1) is 5.92 Å². The fraction of sp³-hybridized carbons (Fsp3) is 0.440. The third-order valence-electron chi connectivity index (χ3n) is 6.68. The van der Waals surface area contributed by atoms with Crippen molar-refractivity contribution in [2.24, 2.45) is 5.92 Å². The summed E-state index contributed by atoms with van der Waals surface area (Å²) in [5.41, 5.74) is 3.00. The van der Waals surface area contributed by atoms with Crippen molar-refractivity contribution in [2.75, 3.05) is 13.2 Å². The van der Waals surface area contributed by atoms with Gasteiger partial charge >= 0.3 is 5.97 Å². The fourth-order valence-corrected chi connectivity index (χ4v) is 7.16. The van der Waals surface area contributed by atoms with Gasteiger partial charge in [0.2, 0.25) is 0 Å². The van der Waals surface area contributed by atoms with Crippen molar-refractivity contribution in [3.8, 4) is 10.7 Å². The predicted molar refractivity (Wildman–Crippen MR) is 130 cm³/mol. The molecule has 3 aromatic rings. The number of carboxylic acids is 1. The molecule has 1 unspecified atom stereocenters. The normalized spacial score (nSPS) is 18.1. The van der Waals surface area contributed by atoms with E-state index in [2.05, 4.69) is 16.0 Å². The maximum absolute atomic E-state index is 12.6. The van der Waals surface area contributed by atoms with Crippen LogP contribution in [0.25, 0.3) is 10.7 Å². The second kappa shape index (κ2) is 9.64. The molecule has 1 aliphatic carbocycles. The number of nitrogens with one attached hydrogen (secondary N) is 1. The molecule has 1 saturated heterocycles. The average Bonchev–Trinajstić information content (AvgIpc) is 3.42. The Morgan fingerprint density at radius 3 is 2.53 bits per heavy atom. The van der Waals surface area contributed by atoms with Crippen molar-refractivity contribution in [3.63, 3.8) is 0 Å². The summed E-state index contributed by atoms with van der Waals surface area (Å²) in [7, 11) is -3.21. The first-order valence-corrected chi connectivity index (χ1v) is 14.0. The van der Waals surface area contributed by atoms with Crippen LogP contribution in [0.15, 0.2) is 47.5 Å². The van der Waals surface area contributed by atoms with Gasteiger partial charge in [-0.15, -0.1) is 11.3 Å². The van der Waals surface area contributed by atoms with E-state index in [4.69, 9.17) is 9.84 Å². The SMILES string of the molecule is O=C(O)Cc1cnc(-c2ccc(C(CC3CCOCC3)c3ccc(S(=O)(=O)C4CC4)cc3)[nH]2)s1. The molecular formula is C25H28N2O5S2. The number of aliphatic carboxylic acids is 1. The van der Waals surface area contributed by atoms with E-state index in [1.165, 1.54) is 11.3 Å². The van der Waals surface area contributed by atoms with E-state index in [-0.39, 0.29) is 17.6 Å². The zero-order chi connectivity index (χ0) is 23.7. The highest BCUT2D eigenvalue weighted by Crippen LogP contribution is 2.38.